The Labute approximate surface area is 161 Å². The molecule has 0 aliphatic carbocycles. The van der Waals surface area contributed by atoms with Crippen molar-refractivity contribution in [2.75, 3.05) is 20.2 Å². The maximum absolute atomic E-state index is 12.1. The number of hydrogen-bond acceptors (Lipinski definition) is 5. The molecule has 1 N–H and O–H groups in total. The molecule has 0 bridgehead atoms. The molecule has 144 valence electrons. The minimum absolute atomic E-state index is 0.0615. The van der Waals surface area contributed by atoms with E-state index in [-0.39, 0.29) is 23.5 Å². The Morgan fingerprint density at radius 3 is 2.31 bits per heavy atom. The molecule has 1 fully saturated rings. The molecule has 1 aliphatic rings. The average Bonchev–Trinajstić information content (AvgIpc) is 2.55. The van der Waals surface area contributed by atoms with Crippen molar-refractivity contribution < 1.29 is 28.9 Å². The highest BCUT2D eigenvalue weighted by atomic mass is 79.9. The van der Waals surface area contributed by atoms with Gasteiger partial charge in [0.05, 0.1) is 11.6 Å². The van der Waals surface area contributed by atoms with Crippen molar-refractivity contribution in [3.05, 3.63) is 22.2 Å². The Kier molecular flexibility index (Phi) is 6.39. The highest BCUT2D eigenvalue weighted by Gasteiger charge is 2.28. The Hall–Kier alpha value is -1.96. The second-order valence-corrected chi connectivity index (χ2v) is 7.93. The van der Waals surface area contributed by atoms with Crippen LogP contribution in [-0.2, 0) is 4.74 Å². The molecule has 1 amide bonds. The summed E-state index contributed by atoms with van der Waals surface area (Å²) in [5.41, 5.74) is -0.455. The first-order valence-electron chi connectivity index (χ1n) is 8.36. The zero-order chi connectivity index (χ0) is 19.5. The number of rotatable bonds is 4. The number of benzene rings is 1. The van der Waals surface area contributed by atoms with E-state index in [1.165, 1.54) is 13.2 Å². The number of amides is 1. The lowest BCUT2D eigenvalue weighted by Gasteiger charge is -2.33. The second-order valence-electron chi connectivity index (χ2n) is 7.07. The van der Waals surface area contributed by atoms with Crippen molar-refractivity contribution in [2.45, 2.75) is 45.3 Å². The molecule has 0 spiro atoms. The smallest absolute Gasteiger partial charge is 0.410 e. The number of ether oxygens (including phenoxy) is 3. The number of piperidine rings is 1. The molecule has 0 atom stereocenters. The van der Waals surface area contributed by atoms with E-state index in [9.17, 15) is 14.7 Å². The number of nitrogens with zero attached hydrogens (tertiary/aromatic N) is 1. The second kappa shape index (κ2) is 8.16. The van der Waals surface area contributed by atoms with Crippen molar-refractivity contribution in [3.63, 3.8) is 0 Å². The molecule has 0 saturated carbocycles. The molecule has 1 aliphatic heterocycles. The number of methoxy groups -OCH3 is 1. The third kappa shape index (κ3) is 5.27. The number of hydrogen-bond donors (Lipinski definition) is 1. The minimum atomic E-state index is -1.07. The summed E-state index contributed by atoms with van der Waals surface area (Å²) in [6.07, 6.45) is 0.929. The molecular formula is C18H24BrNO6. The van der Waals surface area contributed by atoms with Gasteiger partial charge in [0.1, 0.15) is 28.8 Å². The van der Waals surface area contributed by atoms with Crippen molar-refractivity contribution in [3.8, 4) is 11.5 Å². The van der Waals surface area contributed by atoms with Gasteiger partial charge in [-0.2, -0.15) is 0 Å². The number of carboxylic acid groups (broad SMARTS) is 1. The van der Waals surface area contributed by atoms with Crippen LogP contribution < -0.4 is 9.47 Å². The molecule has 7 nitrogen and oxygen atoms in total. The van der Waals surface area contributed by atoms with Gasteiger partial charge in [-0.1, -0.05) is 0 Å². The van der Waals surface area contributed by atoms with E-state index in [0.29, 0.717) is 36.2 Å². The first-order valence-corrected chi connectivity index (χ1v) is 9.15. The summed E-state index contributed by atoms with van der Waals surface area (Å²) in [5.74, 6) is -0.316. The van der Waals surface area contributed by atoms with Crippen LogP contribution in [-0.4, -0.2) is 54.0 Å². The first kappa shape index (κ1) is 20.4. The van der Waals surface area contributed by atoms with Gasteiger partial charge in [-0.05, 0) is 42.8 Å². The summed E-state index contributed by atoms with van der Waals surface area (Å²) in [4.78, 5) is 25.0. The van der Waals surface area contributed by atoms with Gasteiger partial charge in [-0.3, -0.25) is 0 Å². The van der Waals surface area contributed by atoms with Crippen LogP contribution in [0.4, 0.5) is 4.79 Å². The number of halogens is 1. The molecule has 8 heteroatoms. The predicted octanol–water partition coefficient (Wildman–Crippen LogP) is 3.93. The lowest BCUT2D eigenvalue weighted by Crippen LogP contribution is -2.44. The Balaban J connectivity index is 1.99. The molecule has 1 saturated heterocycles. The fraction of sp³-hybridized carbons (Fsp3) is 0.556. The number of carbonyl (C=O) groups excluding carboxylic acids is 1. The monoisotopic (exact) mass is 429 g/mol. The van der Waals surface area contributed by atoms with Crippen LogP contribution >= 0.6 is 15.9 Å². The number of carboxylic acids is 1. The van der Waals surface area contributed by atoms with Gasteiger partial charge in [0, 0.05) is 32.0 Å². The summed E-state index contributed by atoms with van der Waals surface area (Å²) in [7, 11) is 1.42. The zero-order valence-electron chi connectivity index (χ0n) is 15.4. The van der Waals surface area contributed by atoms with Crippen molar-refractivity contribution in [1.29, 1.82) is 0 Å². The molecule has 26 heavy (non-hydrogen) atoms. The highest BCUT2D eigenvalue weighted by Crippen LogP contribution is 2.34. The zero-order valence-corrected chi connectivity index (χ0v) is 17.0. The molecular weight excluding hydrogens is 406 g/mol. The van der Waals surface area contributed by atoms with E-state index in [1.807, 2.05) is 20.8 Å². The van der Waals surface area contributed by atoms with E-state index in [4.69, 9.17) is 14.2 Å². The summed E-state index contributed by atoms with van der Waals surface area (Å²) in [6.45, 7) is 6.61. The minimum Gasteiger partial charge on any atom is -0.496 e. The van der Waals surface area contributed by atoms with Crippen LogP contribution in [0.2, 0.25) is 0 Å². The SMILES string of the molecule is COc1cc(OC2CCN(C(=O)OC(C)(C)C)CC2)c(Br)cc1C(=O)O. The van der Waals surface area contributed by atoms with E-state index < -0.39 is 11.6 Å². The van der Waals surface area contributed by atoms with E-state index in [0.717, 1.165) is 0 Å². The molecule has 2 rings (SSSR count). The average molecular weight is 430 g/mol. The van der Waals surface area contributed by atoms with Crippen LogP contribution in [0.5, 0.6) is 11.5 Å². The normalized spacial score (nSPS) is 15.5. The fourth-order valence-electron chi connectivity index (χ4n) is 2.62. The van der Waals surface area contributed by atoms with Gasteiger partial charge < -0.3 is 24.2 Å². The van der Waals surface area contributed by atoms with Crippen LogP contribution in [0, 0.1) is 0 Å². The standard InChI is InChI=1S/C18H24BrNO6/c1-18(2,3)26-17(23)20-7-5-11(6-8-20)25-15-10-14(24-4)12(16(21)22)9-13(15)19/h9-11H,5-8H2,1-4H3,(H,21,22). The maximum atomic E-state index is 12.1. The quantitative estimate of drug-likeness (QED) is 0.779. The maximum Gasteiger partial charge on any atom is 0.410 e. The van der Waals surface area contributed by atoms with Gasteiger partial charge in [0.25, 0.3) is 0 Å². The lowest BCUT2D eigenvalue weighted by molar-refractivity contribution is 0.0126. The van der Waals surface area contributed by atoms with Gasteiger partial charge in [-0.15, -0.1) is 0 Å². The van der Waals surface area contributed by atoms with Gasteiger partial charge in [0.15, 0.2) is 0 Å². The van der Waals surface area contributed by atoms with Crippen LogP contribution in [0.3, 0.4) is 0 Å². The Morgan fingerprint density at radius 1 is 1.19 bits per heavy atom. The third-order valence-corrected chi connectivity index (χ3v) is 4.49. The van der Waals surface area contributed by atoms with Crippen molar-refractivity contribution in [2.24, 2.45) is 0 Å². The molecule has 1 heterocycles. The van der Waals surface area contributed by atoms with Gasteiger partial charge in [-0.25, -0.2) is 9.59 Å². The third-order valence-electron chi connectivity index (χ3n) is 3.87. The summed E-state index contributed by atoms with van der Waals surface area (Å²) in [6, 6.07) is 3.03. The predicted molar refractivity (Wildman–Crippen MR) is 99.1 cm³/mol. The molecule has 1 aromatic rings. The van der Waals surface area contributed by atoms with Crippen LogP contribution in [0.15, 0.2) is 16.6 Å². The lowest BCUT2D eigenvalue weighted by atomic mass is 10.1. The van der Waals surface area contributed by atoms with Gasteiger partial charge >= 0.3 is 12.1 Å². The van der Waals surface area contributed by atoms with E-state index in [1.54, 1.807) is 11.0 Å². The van der Waals surface area contributed by atoms with E-state index >= 15 is 0 Å². The van der Waals surface area contributed by atoms with Crippen LogP contribution in [0.25, 0.3) is 0 Å². The fourth-order valence-corrected chi connectivity index (χ4v) is 3.06. The van der Waals surface area contributed by atoms with Crippen molar-refractivity contribution >= 4 is 28.0 Å². The van der Waals surface area contributed by atoms with Gasteiger partial charge in [0.2, 0.25) is 0 Å². The van der Waals surface area contributed by atoms with Crippen LogP contribution in [0.1, 0.15) is 44.0 Å². The summed E-state index contributed by atoms with van der Waals surface area (Å²) < 4.78 is 17.1. The topological polar surface area (TPSA) is 85.3 Å². The first-order chi connectivity index (χ1) is 12.1. The Morgan fingerprint density at radius 2 is 1.81 bits per heavy atom. The summed E-state index contributed by atoms with van der Waals surface area (Å²) in [5, 5.41) is 9.20. The molecule has 1 aromatic carbocycles. The number of likely N-dealkylation sites (tertiary alicyclic amines) is 1. The molecule has 0 unspecified atom stereocenters. The molecule has 0 radical (unpaired) electrons. The number of carbonyl (C=O) groups is 2. The summed E-state index contributed by atoms with van der Waals surface area (Å²) >= 11 is 3.35. The number of aromatic carboxylic acids is 1. The van der Waals surface area contributed by atoms with E-state index in [2.05, 4.69) is 15.9 Å². The largest absolute Gasteiger partial charge is 0.496 e. The highest BCUT2D eigenvalue weighted by molar-refractivity contribution is 9.10. The molecule has 0 aromatic heterocycles. The van der Waals surface area contributed by atoms with Crippen molar-refractivity contribution in [1.82, 2.24) is 4.90 Å². The Bertz CT molecular complexity index is 677.